The minimum Gasteiger partial charge on any atom is -0.310 e. The molecule has 4 rings (SSSR count). The first-order valence-electron chi connectivity index (χ1n) is 8.94. The Morgan fingerprint density at radius 3 is 2.43 bits per heavy atom. The van der Waals surface area contributed by atoms with E-state index in [0.717, 1.165) is 12.1 Å². The first kappa shape index (κ1) is 19.6. The topological polar surface area (TPSA) is 63.9 Å². The standard InChI is InChI=1S/C21H16F3N5O/c1-28(20(30)18-9-10-26-29(18)2)16-6-3-13(4-7-16)19-25-12-14-11-15(21(22,23)24)5-8-17(14)27-19/h3-12H,1-2H3. The first-order chi connectivity index (χ1) is 14.2. The Morgan fingerprint density at radius 1 is 1.07 bits per heavy atom. The van der Waals surface area contributed by atoms with Gasteiger partial charge in [-0.2, -0.15) is 18.3 Å². The second-order valence-electron chi connectivity index (χ2n) is 6.72. The molecule has 0 aliphatic rings. The maximum atomic E-state index is 12.9. The van der Waals surface area contributed by atoms with E-state index in [1.165, 1.54) is 21.8 Å². The lowest BCUT2D eigenvalue weighted by molar-refractivity contribution is -0.137. The predicted molar refractivity (Wildman–Crippen MR) is 106 cm³/mol. The number of aryl methyl sites for hydroxylation is 1. The maximum absolute atomic E-state index is 12.9. The molecule has 2 heterocycles. The minimum atomic E-state index is -4.42. The van der Waals surface area contributed by atoms with Crippen molar-refractivity contribution in [2.45, 2.75) is 6.18 Å². The van der Waals surface area contributed by atoms with Gasteiger partial charge in [0.05, 0.1) is 11.1 Å². The van der Waals surface area contributed by atoms with Crippen molar-refractivity contribution in [3.8, 4) is 11.4 Å². The Bertz CT molecular complexity index is 1230. The smallest absolute Gasteiger partial charge is 0.310 e. The zero-order valence-electron chi connectivity index (χ0n) is 16.1. The van der Waals surface area contributed by atoms with Gasteiger partial charge in [0, 0.05) is 43.1 Å². The van der Waals surface area contributed by atoms with Crippen LogP contribution in [0.2, 0.25) is 0 Å². The number of hydrogen-bond acceptors (Lipinski definition) is 4. The third-order valence-electron chi connectivity index (χ3n) is 4.76. The number of anilines is 1. The van der Waals surface area contributed by atoms with Gasteiger partial charge in [-0.15, -0.1) is 0 Å². The number of aromatic nitrogens is 4. The third kappa shape index (κ3) is 3.61. The summed E-state index contributed by atoms with van der Waals surface area (Å²) in [4.78, 5) is 22.6. The molecule has 0 spiro atoms. The molecule has 2 aromatic heterocycles. The van der Waals surface area contributed by atoms with Gasteiger partial charge >= 0.3 is 6.18 Å². The second-order valence-corrected chi connectivity index (χ2v) is 6.72. The number of rotatable bonds is 3. The summed E-state index contributed by atoms with van der Waals surface area (Å²) < 4.78 is 40.1. The van der Waals surface area contributed by atoms with E-state index >= 15 is 0 Å². The van der Waals surface area contributed by atoms with Crippen LogP contribution in [0.3, 0.4) is 0 Å². The monoisotopic (exact) mass is 411 g/mol. The van der Waals surface area contributed by atoms with Crippen LogP contribution in [0.4, 0.5) is 18.9 Å². The Hall–Kier alpha value is -3.75. The lowest BCUT2D eigenvalue weighted by atomic mass is 10.1. The molecular formula is C21H16F3N5O. The van der Waals surface area contributed by atoms with Crippen molar-refractivity contribution in [2.75, 3.05) is 11.9 Å². The van der Waals surface area contributed by atoms with E-state index in [4.69, 9.17) is 0 Å². The lowest BCUT2D eigenvalue weighted by Gasteiger charge is -2.17. The number of benzene rings is 2. The summed E-state index contributed by atoms with van der Waals surface area (Å²) in [6.45, 7) is 0. The number of fused-ring (bicyclic) bond motifs is 1. The molecular weight excluding hydrogens is 395 g/mol. The molecule has 1 amide bonds. The van der Waals surface area contributed by atoms with Gasteiger partial charge < -0.3 is 4.90 Å². The third-order valence-corrected chi connectivity index (χ3v) is 4.76. The number of nitrogens with zero attached hydrogens (tertiary/aromatic N) is 5. The SMILES string of the molecule is CN(C(=O)c1ccnn1C)c1ccc(-c2ncc3cc(C(F)(F)F)ccc3n2)cc1. The minimum absolute atomic E-state index is 0.204. The first-order valence-corrected chi connectivity index (χ1v) is 8.94. The summed E-state index contributed by atoms with van der Waals surface area (Å²) in [5, 5.41) is 4.31. The van der Waals surface area contributed by atoms with E-state index in [0.29, 0.717) is 33.7 Å². The summed E-state index contributed by atoms with van der Waals surface area (Å²) in [7, 11) is 3.36. The Labute approximate surface area is 169 Å². The summed E-state index contributed by atoms with van der Waals surface area (Å²) in [6.07, 6.45) is -1.49. The van der Waals surface area contributed by atoms with Crippen LogP contribution in [-0.4, -0.2) is 32.7 Å². The number of amides is 1. The highest BCUT2D eigenvalue weighted by Gasteiger charge is 2.30. The molecule has 0 aliphatic carbocycles. The predicted octanol–water partition coefficient (Wildman–Crippen LogP) is 4.33. The molecule has 0 unspecified atom stereocenters. The number of hydrogen-bond donors (Lipinski definition) is 0. The van der Waals surface area contributed by atoms with Crippen LogP contribution in [0.1, 0.15) is 16.1 Å². The van der Waals surface area contributed by atoms with Gasteiger partial charge in [-0.3, -0.25) is 9.48 Å². The van der Waals surface area contributed by atoms with Crippen molar-refractivity contribution in [1.29, 1.82) is 0 Å². The van der Waals surface area contributed by atoms with Gasteiger partial charge in [0.25, 0.3) is 5.91 Å². The fraction of sp³-hybridized carbons (Fsp3) is 0.143. The summed E-state index contributed by atoms with van der Waals surface area (Å²) in [5.41, 5.74) is 1.48. The molecule has 0 atom stereocenters. The van der Waals surface area contributed by atoms with E-state index in [9.17, 15) is 18.0 Å². The normalized spacial score (nSPS) is 11.6. The van der Waals surface area contributed by atoms with Gasteiger partial charge in [-0.1, -0.05) is 0 Å². The van der Waals surface area contributed by atoms with Crippen LogP contribution in [0.5, 0.6) is 0 Å². The Kier molecular flexibility index (Phi) is 4.73. The second kappa shape index (κ2) is 7.25. The van der Waals surface area contributed by atoms with Crippen molar-refractivity contribution in [1.82, 2.24) is 19.7 Å². The van der Waals surface area contributed by atoms with Crippen LogP contribution in [-0.2, 0) is 13.2 Å². The largest absolute Gasteiger partial charge is 0.416 e. The summed E-state index contributed by atoms with van der Waals surface area (Å²) in [6, 6.07) is 12.0. The molecule has 152 valence electrons. The molecule has 0 aliphatic heterocycles. The highest BCUT2D eigenvalue weighted by Crippen LogP contribution is 2.31. The highest BCUT2D eigenvalue weighted by molar-refractivity contribution is 6.04. The van der Waals surface area contributed by atoms with Crippen LogP contribution in [0.25, 0.3) is 22.3 Å². The van der Waals surface area contributed by atoms with Gasteiger partial charge in [0.1, 0.15) is 5.69 Å². The molecule has 0 saturated carbocycles. The number of carbonyl (C=O) groups excluding carboxylic acids is 1. The van der Waals surface area contributed by atoms with E-state index in [2.05, 4.69) is 15.1 Å². The molecule has 4 aromatic rings. The fourth-order valence-corrected chi connectivity index (χ4v) is 3.06. The van der Waals surface area contributed by atoms with Crippen LogP contribution in [0.15, 0.2) is 60.9 Å². The van der Waals surface area contributed by atoms with Crippen molar-refractivity contribution in [3.05, 3.63) is 72.2 Å². The molecule has 0 radical (unpaired) electrons. The molecule has 6 nitrogen and oxygen atoms in total. The quantitative estimate of drug-likeness (QED) is 0.504. The van der Waals surface area contributed by atoms with Gasteiger partial charge in [0.15, 0.2) is 5.82 Å². The molecule has 2 aromatic carbocycles. The number of alkyl halides is 3. The molecule has 0 N–H and O–H groups in total. The van der Waals surface area contributed by atoms with Crippen molar-refractivity contribution in [2.24, 2.45) is 7.05 Å². The average Bonchev–Trinajstić information content (AvgIpc) is 3.17. The molecule has 30 heavy (non-hydrogen) atoms. The Morgan fingerprint density at radius 2 is 1.80 bits per heavy atom. The summed E-state index contributed by atoms with van der Waals surface area (Å²) in [5.74, 6) is 0.180. The van der Waals surface area contributed by atoms with E-state index in [-0.39, 0.29) is 5.91 Å². The van der Waals surface area contributed by atoms with Crippen molar-refractivity contribution >= 4 is 22.5 Å². The fourth-order valence-electron chi connectivity index (χ4n) is 3.06. The maximum Gasteiger partial charge on any atom is 0.416 e. The average molecular weight is 411 g/mol. The van der Waals surface area contributed by atoms with E-state index in [1.807, 2.05) is 0 Å². The molecule has 0 fully saturated rings. The lowest BCUT2D eigenvalue weighted by Crippen LogP contribution is -2.28. The van der Waals surface area contributed by atoms with Gasteiger partial charge in [-0.25, -0.2) is 9.97 Å². The van der Waals surface area contributed by atoms with Gasteiger partial charge in [-0.05, 0) is 48.5 Å². The molecule has 0 bridgehead atoms. The van der Waals surface area contributed by atoms with E-state index < -0.39 is 11.7 Å². The zero-order valence-corrected chi connectivity index (χ0v) is 16.1. The van der Waals surface area contributed by atoms with Crippen LogP contribution >= 0.6 is 0 Å². The Balaban J connectivity index is 1.60. The highest BCUT2D eigenvalue weighted by atomic mass is 19.4. The van der Waals surface area contributed by atoms with Crippen LogP contribution < -0.4 is 4.90 Å². The van der Waals surface area contributed by atoms with E-state index in [1.54, 1.807) is 50.6 Å². The molecule has 0 saturated heterocycles. The summed E-state index contributed by atoms with van der Waals surface area (Å²) >= 11 is 0. The van der Waals surface area contributed by atoms with Crippen molar-refractivity contribution in [3.63, 3.8) is 0 Å². The van der Waals surface area contributed by atoms with Crippen molar-refractivity contribution < 1.29 is 18.0 Å². The number of carbonyl (C=O) groups is 1. The molecule has 9 heteroatoms. The van der Waals surface area contributed by atoms with Crippen LogP contribution in [0, 0.1) is 0 Å². The van der Waals surface area contributed by atoms with Gasteiger partial charge in [0.2, 0.25) is 0 Å². The zero-order chi connectivity index (χ0) is 21.5. The number of halogens is 3.